The van der Waals surface area contributed by atoms with Gasteiger partial charge in [-0.05, 0) is 24.3 Å². The monoisotopic (exact) mass is 373 g/mol. The number of rotatable bonds is 6. The molecule has 0 bridgehead atoms. The van der Waals surface area contributed by atoms with Crippen molar-refractivity contribution in [3.63, 3.8) is 0 Å². The molecule has 1 atom stereocenters. The van der Waals surface area contributed by atoms with E-state index >= 15 is 0 Å². The molecular weight excluding hydrogens is 354 g/mol. The van der Waals surface area contributed by atoms with Crippen LogP contribution >= 0.6 is 23.5 Å². The van der Waals surface area contributed by atoms with Gasteiger partial charge in [-0.2, -0.15) is 11.8 Å². The second kappa shape index (κ2) is 7.62. The second-order valence-electron chi connectivity index (χ2n) is 5.88. The van der Waals surface area contributed by atoms with Gasteiger partial charge in [0.05, 0.1) is 12.0 Å². The molecule has 130 valence electrons. The zero-order valence-electron chi connectivity index (χ0n) is 13.7. The summed E-state index contributed by atoms with van der Waals surface area (Å²) >= 11 is 3.56. The maximum absolute atomic E-state index is 12.5. The van der Waals surface area contributed by atoms with Gasteiger partial charge in [0.2, 0.25) is 5.91 Å². The van der Waals surface area contributed by atoms with Gasteiger partial charge in [-0.1, -0.05) is 18.2 Å². The van der Waals surface area contributed by atoms with Gasteiger partial charge in [-0.25, -0.2) is 0 Å². The molecule has 4 rings (SSSR count). The molecule has 0 radical (unpaired) electrons. The Morgan fingerprint density at radius 1 is 1.24 bits per heavy atom. The highest BCUT2D eigenvalue weighted by molar-refractivity contribution is 7.99. The topological polar surface area (TPSA) is 46.6 Å². The number of amides is 1. The highest BCUT2D eigenvalue weighted by Crippen LogP contribution is 2.39. The molecule has 3 aromatic rings. The standard InChI is InChI=1S/C19H19NO3S2/c21-18-7-10-25-19(17-12-14-4-1-2-6-16(14)23-17)20(18)8-11-24-13-15-5-3-9-22-15/h1-6,9,12,19H,7-8,10-11,13H2. The van der Waals surface area contributed by atoms with E-state index in [9.17, 15) is 4.79 Å². The fourth-order valence-electron chi connectivity index (χ4n) is 2.95. The Hall–Kier alpha value is -1.79. The summed E-state index contributed by atoms with van der Waals surface area (Å²) in [6.45, 7) is 0.721. The third-order valence-electron chi connectivity index (χ3n) is 4.18. The van der Waals surface area contributed by atoms with Gasteiger partial charge < -0.3 is 13.7 Å². The van der Waals surface area contributed by atoms with Crippen molar-refractivity contribution in [2.75, 3.05) is 18.1 Å². The quantitative estimate of drug-likeness (QED) is 0.574. The molecule has 6 heteroatoms. The first-order chi connectivity index (χ1) is 12.3. The van der Waals surface area contributed by atoms with Crippen molar-refractivity contribution >= 4 is 40.4 Å². The lowest BCUT2D eigenvalue weighted by Gasteiger charge is -2.33. The van der Waals surface area contributed by atoms with Crippen LogP contribution in [0.3, 0.4) is 0 Å². The van der Waals surface area contributed by atoms with E-state index in [2.05, 4.69) is 6.07 Å². The first kappa shape index (κ1) is 16.7. The second-order valence-corrected chi connectivity index (χ2v) is 8.17. The lowest BCUT2D eigenvalue weighted by Crippen LogP contribution is -2.38. The molecule has 0 N–H and O–H groups in total. The molecular formula is C19H19NO3S2. The van der Waals surface area contributed by atoms with Crippen LogP contribution in [0, 0.1) is 0 Å². The van der Waals surface area contributed by atoms with E-state index in [4.69, 9.17) is 8.83 Å². The van der Waals surface area contributed by atoms with Gasteiger partial charge in [0.15, 0.2) is 0 Å². The van der Waals surface area contributed by atoms with Gasteiger partial charge in [0.1, 0.15) is 22.5 Å². The lowest BCUT2D eigenvalue weighted by atomic mass is 10.2. The van der Waals surface area contributed by atoms with Gasteiger partial charge in [-0.15, -0.1) is 11.8 Å². The Labute approximate surface area is 154 Å². The van der Waals surface area contributed by atoms with Gasteiger partial charge in [0, 0.05) is 29.9 Å². The van der Waals surface area contributed by atoms with Crippen LogP contribution in [0.25, 0.3) is 11.0 Å². The van der Waals surface area contributed by atoms with Crippen molar-refractivity contribution in [3.8, 4) is 0 Å². The number of nitrogens with zero attached hydrogens (tertiary/aromatic N) is 1. The fourth-order valence-corrected chi connectivity index (χ4v) is 4.99. The Morgan fingerprint density at radius 2 is 2.16 bits per heavy atom. The number of benzene rings is 1. The van der Waals surface area contributed by atoms with Crippen molar-refractivity contribution in [1.82, 2.24) is 4.90 Å². The Morgan fingerprint density at radius 3 is 3.00 bits per heavy atom. The average Bonchev–Trinajstić information content (AvgIpc) is 3.29. The summed E-state index contributed by atoms with van der Waals surface area (Å²) in [7, 11) is 0. The highest BCUT2D eigenvalue weighted by Gasteiger charge is 2.31. The first-order valence-electron chi connectivity index (χ1n) is 8.31. The summed E-state index contributed by atoms with van der Waals surface area (Å²) in [5, 5.41) is 1.06. The van der Waals surface area contributed by atoms with Gasteiger partial charge in [0.25, 0.3) is 0 Å². The predicted octanol–water partition coefficient (Wildman–Crippen LogP) is 4.92. The van der Waals surface area contributed by atoms with Crippen molar-refractivity contribution in [2.45, 2.75) is 17.5 Å². The van der Waals surface area contributed by atoms with E-state index in [1.54, 1.807) is 29.8 Å². The van der Waals surface area contributed by atoms with Crippen LogP contribution in [0.15, 0.2) is 57.6 Å². The number of furan rings is 2. The largest absolute Gasteiger partial charge is 0.468 e. The van der Waals surface area contributed by atoms with E-state index in [1.165, 1.54) is 0 Å². The van der Waals surface area contributed by atoms with Crippen LogP contribution in [0.2, 0.25) is 0 Å². The molecule has 3 heterocycles. The maximum atomic E-state index is 12.5. The molecule has 1 fully saturated rings. The van der Waals surface area contributed by atoms with Crippen LogP contribution in [0.1, 0.15) is 23.3 Å². The maximum Gasteiger partial charge on any atom is 0.224 e. The minimum atomic E-state index is -0.0298. The Balaban J connectivity index is 1.44. The number of para-hydroxylation sites is 1. The van der Waals surface area contributed by atoms with E-state index in [0.29, 0.717) is 6.42 Å². The normalized spacial score (nSPS) is 18.2. The molecule has 2 aromatic heterocycles. The van der Waals surface area contributed by atoms with Crippen LogP contribution < -0.4 is 0 Å². The van der Waals surface area contributed by atoms with Crippen molar-refractivity contribution < 1.29 is 13.6 Å². The van der Waals surface area contributed by atoms with Crippen LogP contribution in [0.4, 0.5) is 0 Å². The summed E-state index contributed by atoms with van der Waals surface area (Å²) in [5.41, 5.74) is 0.878. The number of fused-ring (bicyclic) bond motifs is 1. The van der Waals surface area contributed by atoms with E-state index in [0.717, 1.165) is 46.3 Å². The lowest BCUT2D eigenvalue weighted by molar-refractivity contribution is -0.132. The molecule has 1 unspecified atom stereocenters. The zero-order valence-corrected chi connectivity index (χ0v) is 15.4. The average molecular weight is 373 g/mol. The van der Waals surface area contributed by atoms with Gasteiger partial charge in [-0.3, -0.25) is 4.79 Å². The predicted molar refractivity (Wildman–Crippen MR) is 103 cm³/mol. The van der Waals surface area contributed by atoms with E-state index < -0.39 is 0 Å². The summed E-state index contributed by atoms with van der Waals surface area (Å²) in [6, 6.07) is 13.9. The Kier molecular flexibility index (Phi) is 5.08. The molecule has 1 aliphatic rings. The van der Waals surface area contributed by atoms with Crippen molar-refractivity contribution in [3.05, 3.63) is 60.2 Å². The SMILES string of the molecule is O=C1CCSC(c2cc3ccccc3o2)N1CCSCc1ccco1. The third kappa shape index (κ3) is 3.75. The third-order valence-corrected chi connectivity index (χ3v) is 6.39. The summed E-state index contributed by atoms with van der Waals surface area (Å²) in [5.74, 6) is 4.61. The smallest absolute Gasteiger partial charge is 0.224 e. The molecule has 25 heavy (non-hydrogen) atoms. The highest BCUT2D eigenvalue weighted by atomic mass is 32.2. The molecule has 0 saturated carbocycles. The molecule has 4 nitrogen and oxygen atoms in total. The van der Waals surface area contributed by atoms with Crippen molar-refractivity contribution in [2.24, 2.45) is 0 Å². The molecule has 0 aliphatic carbocycles. The number of hydrogen-bond acceptors (Lipinski definition) is 5. The molecule has 1 aromatic carbocycles. The molecule has 0 spiro atoms. The van der Waals surface area contributed by atoms with Gasteiger partial charge >= 0.3 is 0 Å². The molecule has 1 saturated heterocycles. The van der Waals surface area contributed by atoms with Crippen LogP contribution in [-0.2, 0) is 10.5 Å². The minimum Gasteiger partial charge on any atom is -0.468 e. The summed E-state index contributed by atoms with van der Waals surface area (Å²) in [4.78, 5) is 14.4. The van der Waals surface area contributed by atoms with Crippen LogP contribution in [-0.4, -0.2) is 28.9 Å². The van der Waals surface area contributed by atoms with E-state index in [1.807, 2.05) is 41.3 Å². The van der Waals surface area contributed by atoms with E-state index in [-0.39, 0.29) is 11.3 Å². The Bertz CT molecular complexity index is 810. The number of thioether (sulfide) groups is 2. The number of hydrogen-bond donors (Lipinski definition) is 0. The molecule has 1 aliphatic heterocycles. The van der Waals surface area contributed by atoms with Crippen molar-refractivity contribution in [1.29, 1.82) is 0 Å². The number of carbonyl (C=O) groups excluding carboxylic acids is 1. The molecule has 1 amide bonds. The van der Waals surface area contributed by atoms with Crippen LogP contribution in [0.5, 0.6) is 0 Å². The first-order valence-corrected chi connectivity index (χ1v) is 10.5. The minimum absolute atomic E-state index is 0.0298. The summed E-state index contributed by atoms with van der Waals surface area (Å²) in [6.07, 6.45) is 2.29. The fraction of sp³-hybridized carbons (Fsp3) is 0.316. The zero-order chi connectivity index (χ0) is 17.1. The summed E-state index contributed by atoms with van der Waals surface area (Å²) < 4.78 is 11.4. The number of carbonyl (C=O) groups is 1.